The van der Waals surface area contributed by atoms with Crippen LogP contribution in [0.3, 0.4) is 0 Å². The van der Waals surface area contributed by atoms with Crippen molar-refractivity contribution in [1.29, 1.82) is 0 Å². The van der Waals surface area contributed by atoms with Crippen molar-refractivity contribution in [2.24, 2.45) is 0 Å². The van der Waals surface area contributed by atoms with Gasteiger partial charge in [0.25, 0.3) is 10.0 Å². The van der Waals surface area contributed by atoms with Crippen LogP contribution in [0.2, 0.25) is 10.0 Å². The highest BCUT2D eigenvalue weighted by atomic mass is 35.5. The monoisotopic (exact) mass is 617 g/mol. The lowest BCUT2D eigenvalue weighted by Crippen LogP contribution is -2.52. The van der Waals surface area contributed by atoms with Crippen LogP contribution in [0.25, 0.3) is 0 Å². The van der Waals surface area contributed by atoms with Gasteiger partial charge in [0, 0.05) is 28.2 Å². The minimum Gasteiger partial charge on any atom is -0.352 e. The molecule has 2 atom stereocenters. The molecule has 3 aromatic rings. The fraction of sp³-hybridized carbons (Fsp3) is 0.355. The van der Waals surface area contributed by atoms with Crippen LogP contribution in [0.15, 0.2) is 65.6 Å². The first-order valence-corrected chi connectivity index (χ1v) is 15.7. The van der Waals surface area contributed by atoms with Gasteiger partial charge in [-0.05, 0) is 82.5 Å². The molecule has 2 amide bonds. The maximum absolute atomic E-state index is 14.1. The predicted molar refractivity (Wildman–Crippen MR) is 166 cm³/mol. The molecule has 0 aliphatic rings. The second-order valence-corrected chi connectivity index (χ2v) is 12.9. The Morgan fingerprint density at radius 1 is 0.902 bits per heavy atom. The molecule has 3 aromatic carbocycles. The number of aryl methyl sites for hydroxylation is 2. The summed E-state index contributed by atoms with van der Waals surface area (Å²) < 4.78 is 29.2. The van der Waals surface area contributed by atoms with Crippen LogP contribution >= 0.6 is 23.2 Å². The van der Waals surface area contributed by atoms with E-state index in [-0.39, 0.29) is 23.4 Å². The van der Waals surface area contributed by atoms with Gasteiger partial charge >= 0.3 is 0 Å². The summed E-state index contributed by atoms with van der Waals surface area (Å²) in [6.45, 7) is 10.4. The molecular weight excluding hydrogens is 581 g/mol. The lowest BCUT2D eigenvalue weighted by molar-refractivity contribution is -0.139. The molecule has 0 aromatic heterocycles. The molecule has 0 aliphatic heterocycles. The average molecular weight is 619 g/mol. The maximum Gasteiger partial charge on any atom is 0.264 e. The number of carbonyl (C=O) groups excluding carboxylic acids is 2. The van der Waals surface area contributed by atoms with Crippen molar-refractivity contribution in [3.63, 3.8) is 0 Å². The molecule has 0 saturated heterocycles. The molecule has 1 N–H and O–H groups in total. The van der Waals surface area contributed by atoms with E-state index in [1.807, 2.05) is 40.7 Å². The van der Waals surface area contributed by atoms with Gasteiger partial charge in [-0.3, -0.25) is 13.9 Å². The van der Waals surface area contributed by atoms with E-state index in [9.17, 15) is 18.0 Å². The third kappa shape index (κ3) is 7.61. The maximum atomic E-state index is 14.1. The van der Waals surface area contributed by atoms with Gasteiger partial charge in [-0.15, -0.1) is 0 Å². The summed E-state index contributed by atoms with van der Waals surface area (Å²) in [5.74, 6) is -0.945. The lowest BCUT2D eigenvalue weighted by atomic mass is 10.1. The van der Waals surface area contributed by atoms with Crippen molar-refractivity contribution in [1.82, 2.24) is 10.2 Å². The van der Waals surface area contributed by atoms with Gasteiger partial charge in [0.2, 0.25) is 11.8 Å². The highest BCUT2D eigenvalue weighted by Gasteiger charge is 2.34. The van der Waals surface area contributed by atoms with Crippen LogP contribution in [0, 0.1) is 20.8 Å². The first-order valence-electron chi connectivity index (χ1n) is 13.5. The van der Waals surface area contributed by atoms with E-state index < -0.39 is 28.5 Å². The average Bonchev–Trinajstić information content (AvgIpc) is 2.93. The topological polar surface area (TPSA) is 86.8 Å². The molecule has 0 fully saturated rings. The van der Waals surface area contributed by atoms with Gasteiger partial charge in [-0.25, -0.2) is 8.42 Å². The second-order valence-electron chi connectivity index (χ2n) is 10.3. The molecule has 220 valence electrons. The summed E-state index contributed by atoms with van der Waals surface area (Å²) >= 11 is 12.9. The number of sulfonamides is 1. The first-order chi connectivity index (χ1) is 19.3. The van der Waals surface area contributed by atoms with Crippen LogP contribution in [-0.2, 0) is 26.2 Å². The molecule has 2 unspecified atom stereocenters. The Kier molecular flexibility index (Phi) is 10.9. The van der Waals surface area contributed by atoms with Crippen LogP contribution in [0.1, 0.15) is 49.4 Å². The summed E-state index contributed by atoms with van der Waals surface area (Å²) in [5, 5.41) is 3.59. The van der Waals surface area contributed by atoms with Crippen LogP contribution < -0.4 is 9.62 Å². The van der Waals surface area contributed by atoms with Gasteiger partial charge in [0.1, 0.15) is 12.6 Å². The summed E-state index contributed by atoms with van der Waals surface area (Å²) in [7, 11) is -4.16. The number of anilines is 1. The third-order valence-corrected chi connectivity index (χ3v) is 9.77. The Balaban J connectivity index is 2.11. The molecule has 0 saturated carbocycles. The number of halogens is 2. The van der Waals surface area contributed by atoms with Crippen molar-refractivity contribution in [2.45, 2.75) is 71.5 Å². The van der Waals surface area contributed by atoms with Crippen molar-refractivity contribution < 1.29 is 18.0 Å². The van der Waals surface area contributed by atoms with E-state index >= 15 is 0 Å². The van der Waals surface area contributed by atoms with E-state index in [0.29, 0.717) is 27.7 Å². The quantitative estimate of drug-likeness (QED) is 0.268. The zero-order chi connectivity index (χ0) is 30.5. The van der Waals surface area contributed by atoms with Crippen LogP contribution in [0.5, 0.6) is 0 Å². The summed E-state index contributed by atoms with van der Waals surface area (Å²) in [5.41, 5.74) is 3.35. The molecule has 0 spiro atoms. The number of rotatable bonds is 11. The molecular formula is C31H37Cl2N3O4S. The normalized spacial score (nSPS) is 12.9. The summed E-state index contributed by atoms with van der Waals surface area (Å²) in [6, 6.07) is 15.7. The number of hydrogen-bond acceptors (Lipinski definition) is 4. The zero-order valence-electron chi connectivity index (χ0n) is 24.2. The Morgan fingerprint density at radius 2 is 1.49 bits per heavy atom. The molecule has 41 heavy (non-hydrogen) atoms. The molecule has 7 nitrogen and oxygen atoms in total. The fourth-order valence-electron chi connectivity index (χ4n) is 4.26. The minimum absolute atomic E-state index is 0.0556. The predicted octanol–water partition coefficient (Wildman–Crippen LogP) is 6.45. The van der Waals surface area contributed by atoms with Crippen molar-refractivity contribution in [3.8, 4) is 0 Å². The smallest absolute Gasteiger partial charge is 0.264 e. The van der Waals surface area contributed by atoms with Gasteiger partial charge < -0.3 is 10.2 Å². The van der Waals surface area contributed by atoms with Crippen LogP contribution in [-0.4, -0.2) is 43.8 Å². The Labute approximate surface area is 253 Å². The van der Waals surface area contributed by atoms with Gasteiger partial charge in [-0.2, -0.15) is 0 Å². The number of amides is 2. The minimum atomic E-state index is -4.16. The van der Waals surface area contributed by atoms with Gasteiger partial charge in [0.05, 0.1) is 10.6 Å². The molecule has 0 aliphatic carbocycles. The number of nitrogens with zero attached hydrogens (tertiary/aromatic N) is 2. The van der Waals surface area contributed by atoms with E-state index in [1.165, 1.54) is 17.0 Å². The van der Waals surface area contributed by atoms with E-state index in [0.717, 1.165) is 21.0 Å². The molecule has 0 heterocycles. The lowest BCUT2D eigenvalue weighted by Gasteiger charge is -2.33. The SMILES string of the molecule is CCC(C)NC(=O)C(C)N(Cc1c(Cl)cccc1Cl)C(=O)CN(c1cccc(C)c1C)S(=O)(=O)c1ccc(C)cc1. The molecule has 0 bridgehead atoms. The van der Waals surface area contributed by atoms with Gasteiger partial charge in [0.15, 0.2) is 0 Å². The highest BCUT2D eigenvalue weighted by Crippen LogP contribution is 2.30. The Bertz CT molecular complexity index is 1490. The largest absolute Gasteiger partial charge is 0.352 e. The summed E-state index contributed by atoms with van der Waals surface area (Å²) in [4.78, 5) is 28.7. The summed E-state index contributed by atoms with van der Waals surface area (Å²) in [6.07, 6.45) is 0.706. The molecule has 10 heteroatoms. The molecule has 3 rings (SSSR count). The Morgan fingerprint density at radius 3 is 2.07 bits per heavy atom. The van der Waals surface area contributed by atoms with Crippen molar-refractivity contribution >= 4 is 50.7 Å². The highest BCUT2D eigenvalue weighted by molar-refractivity contribution is 7.92. The number of nitrogens with one attached hydrogen (secondary N) is 1. The fourth-order valence-corrected chi connectivity index (χ4v) is 6.25. The van der Waals surface area contributed by atoms with E-state index in [2.05, 4.69) is 5.32 Å². The van der Waals surface area contributed by atoms with E-state index in [4.69, 9.17) is 23.2 Å². The van der Waals surface area contributed by atoms with E-state index in [1.54, 1.807) is 49.4 Å². The number of hydrogen-bond donors (Lipinski definition) is 1. The molecule has 0 radical (unpaired) electrons. The third-order valence-electron chi connectivity index (χ3n) is 7.29. The van der Waals surface area contributed by atoms with Crippen LogP contribution in [0.4, 0.5) is 5.69 Å². The van der Waals surface area contributed by atoms with Crippen molar-refractivity contribution in [3.05, 3.63) is 93.0 Å². The van der Waals surface area contributed by atoms with Gasteiger partial charge in [-0.1, -0.05) is 66.0 Å². The standard InChI is InChI=1S/C31H37Cl2N3O4S/c1-7-22(4)34-31(38)24(6)35(18-26-27(32)11-9-12-28(26)33)30(37)19-36(29-13-8-10-21(3)23(29)5)41(39,40)25-16-14-20(2)15-17-25/h8-17,22,24H,7,18-19H2,1-6H3,(H,34,38). The second kappa shape index (κ2) is 13.7. The number of benzene rings is 3. The zero-order valence-corrected chi connectivity index (χ0v) is 26.6. The first kappa shape index (κ1) is 32.4. The number of carbonyl (C=O) groups is 2. The Hall–Kier alpha value is -3.07. The van der Waals surface area contributed by atoms with Crippen molar-refractivity contribution in [2.75, 3.05) is 10.8 Å².